The predicted octanol–water partition coefficient (Wildman–Crippen LogP) is 1.45. The van der Waals surface area contributed by atoms with E-state index in [1.807, 2.05) is 19.4 Å². The molecule has 0 aliphatic rings. The summed E-state index contributed by atoms with van der Waals surface area (Å²) >= 11 is 0. The van der Waals surface area contributed by atoms with Crippen LogP contribution in [0.2, 0.25) is 0 Å². The van der Waals surface area contributed by atoms with Gasteiger partial charge in [-0.05, 0) is 32.5 Å². The van der Waals surface area contributed by atoms with E-state index in [4.69, 9.17) is 0 Å². The van der Waals surface area contributed by atoms with Crippen LogP contribution in [0.15, 0.2) is 18.5 Å². The van der Waals surface area contributed by atoms with Crippen LogP contribution in [-0.4, -0.2) is 32.2 Å². The molecule has 0 radical (unpaired) electrons. The van der Waals surface area contributed by atoms with E-state index >= 15 is 0 Å². The number of aromatic amines is 1. The molecule has 0 aromatic carbocycles. The van der Waals surface area contributed by atoms with E-state index in [0.29, 0.717) is 0 Å². The van der Waals surface area contributed by atoms with Gasteiger partial charge in [-0.25, -0.2) is 0 Å². The summed E-state index contributed by atoms with van der Waals surface area (Å²) in [5, 5.41) is 3.15. The minimum atomic E-state index is 1.11. The third-order valence-corrected chi connectivity index (χ3v) is 2.19. The van der Waals surface area contributed by atoms with Crippen molar-refractivity contribution in [2.75, 3.05) is 32.1 Å². The van der Waals surface area contributed by atoms with Crippen LogP contribution in [0.25, 0.3) is 0 Å². The summed E-state index contributed by atoms with van der Waals surface area (Å²) in [6.45, 7) is 2.24. The Morgan fingerprint density at radius 2 is 2.31 bits per heavy atom. The first kappa shape index (κ1) is 10.1. The summed E-state index contributed by atoms with van der Waals surface area (Å²) in [5.74, 6) is 0. The molecule has 3 nitrogen and oxygen atoms in total. The van der Waals surface area contributed by atoms with E-state index in [1.54, 1.807) is 0 Å². The molecule has 0 aliphatic carbocycles. The van der Waals surface area contributed by atoms with Gasteiger partial charge in [0.2, 0.25) is 0 Å². The molecular weight excluding hydrogens is 162 g/mol. The van der Waals surface area contributed by atoms with Crippen molar-refractivity contribution in [1.82, 2.24) is 10.3 Å². The Morgan fingerprint density at radius 1 is 1.46 bits per heavy atom. The zero-order chi connectivity index (χ0) is 9.52. The maximum atomic E-state index is 3.15. The molecule has 1 heterocycles. The Kier molecular flexibility index (Phi) is 4.40. The van der Waals surface area contributed by atoms with E-state index in [2.05, 4.69) is 28.3 Å². The fraction of sp³-hybridized carbons (Fsp3) is 0.600. The molecule has 0 saturated carbocycles. The van der Waals surface area contributed by atoms with Crippen LogP contribution in [0.1, 0.15) is 12.8 Å². The van der Waals surface area contributed by atoms with Gasteiger partial charge in [-0.1, -0.05) is 0 Å². The van der Waals surface area contributed by atoms with Gasteiger partial charge in [0.05, 0.1) is 5.69 Å². The second-order valence-corrected chi connectivity index (χ2v) is 3.30. The molecule has 1 aromatic rings. The molecule has 3 heteroatoms. The lowest BCUT2D eigenvalue weighted by molar-refractivity contribution is 0.671. The Hall–Kier alpha value is -0.960. The van der Waals surface area contributed by atoms with Gasteiger partial charge in [0.25, 0.3) is 0 Å². The monoisotopic (exact) mass is 181 g/mol. The molecule has 1 rings (SSSR count). The minimum Gasteiger partial charge on any atom is -0.373 e. The van der Waals surface area contributed by atoms with Crippen molar-refractivity contribution in [3.05, 3.63) is 18.5 Å². The molecule has 0 atom stereocenters. The number of hydrogen-bond acceptors (Lipinski definition) is 2. The number of aromatic nitrogens is 1. The Bertz CT molecular complexity index is 206. The Balaban J connectivity index is 2.15. The van der Waals surface area contributed by atoms with Crippen molar-refractivity contribution in [1.29, 1.82) is 0 Å². The molecule has 74 valence electrons. The second kappa shape index (κ2) is 5.65. The third kappa shape index (κ3) is 3.51. The van der Waals surface area contributed by atoms with E-state index in [9.17, 15) is 0 Å². The van der Waals surface area contributed by atoms with Gasteiger partial charge in [-0.2, -0.15) is 0 Å². The first-order chi connectivity index (χ1) is 6.34. The Morgan fingerprint density at radius 3 is 2.92 bits per heavy atom. The maximum absolute atomic E-state index is 3.15. The summed E-state index contributed by atoms with van der Waals surface area (Å²) in [6.07, 6.45) is 6.46. The smallest absolute Gasteiger partial charge is 0.0541 e. The van der Waals surface area contributed by atoms with E-state index < -0.39 is 0 Å². The van der Waals surface area contributed by atoms with Crippen molar-refractivity contribution >= 4 is 5.69 Å². The average molecular weight is 181 g/mol. The number of unbranched alkanes of at least 4 members (excludes halogenated alkanes) is 1. The Labute approximate surface area is 80.1 Å². The van der Waals surface area contributed by atoms with Crippen LogP contribution in [0, 0.1) is 0 Å². The fourth-order valence-electron chi connectivity index (χ4n) is 1.33. The molecule has 0 fully saturated rings. The molecule has 0 aliphatic heterocycles. The highest BCUT2D eigenvalue weighted by atomic mass is 15.1. The summed E-state index contributed by atoms with van der Waals surface area (Å²) in [5.41, 5.74) is 1.27. The highest BCUT2D eigenvalue weighted by molar-refractivity contribution is 5.42. The van der Waals surface area contributed by atoms with Crippen molar-refractivity contribution < 1.29 is 0 Å². The highest BCUT2D eigenvalue weighted by Crippen LogP contribution is 2.10. The van der Waals surface area contributed by atoms with Crippen molar-refractivity contribution in [3.63, 3.8) is 0 Å². The van der Waals surface area contributed by atoms with Gasteiger partial charge in [0, 0.05) is 26.0 Å². The van der Waals surface area contributed by atoms with E-state index in [-0.39, 0.29) is 0 Å². The quantitative estimate of drug-likeness (QED) is 0.651. The number of nitrogens with zero attached hydrogens (tertiary/aromatic N) is 1. The zero-order valence-corrected chi connectivity index (χ0v) is 8.51. The van der Waals surface area contributed by atoms with E-state index in [0.717, 1.165) is 13.1 Å². The SMILES string of the molecule is CNCCCCN(C)c1cc[nH]c1. The highest BCUT2D eigenvalue weighted by Gasteiger charge is 1.98. The van der Waals surface area contributed by atoms with Gasteiger partial charge in [0.15, 0.2) is 0 Å². The summed E-state index contributed by atoms with van der Waals surface area (Å²) in [7, 11) is 4.12. The molecule has 1 aromatic heterocycles. The lowest BCUT2D eigenvalue weighted by atomic mass is 10.3. The molecular formula is C10H19N3. The number of anilines is 1. The van der Waals surface area contributed by atoms with Crippen molar-refractivity contribution in [3.8, 4) is 0 Å². The molecule has 0 bridgehead atoms. The van der Waals surface area contributed by atoms with Crippen LogP contribution in [0.3, 0.4) is 0 Å². The van der Waals surface area contributed by atoms with E-state index in [1.165, 1.54) is 18.5 Å². The van der Waals surface area contributed by atoms with Crippen LogP contribution in [0.5, 0.6) is 0 Å². The molecule has 0 spiro atoms. The van der Waals surface area contributed by atoms with Gasteiger partial charge in [-0.15, -0.1) is 0 Å². The first-order valence-corrected chi connectivity index (χ1v) is 4.83. The molecule has 2 N–H and O–H groups in total. The molecule has 0 saturated heterocycles. The molecule has 13 heavy (non-hydrogen) atoms. The second-order valence-electron chi connectivity index (χ2n) is 3.30. The maximum Gasteiger partial charge on any atom is 0.0541 e. The van der Waals surface area contributed by atoms with Crippen LogP contribution in [-0.2, 0) is 0 Å². The first-order valence-electron chi connectivity index (χ1n) is 4.83. The summed E-state index contributed by atoms with van der Waals surface area (Å²) in [6, 6.07) is 2.10. The fourth-order valence-corrected chi connectivity index (χ4v) is 1.33. The minimum absolute atomic E-state index is 1.11. The molecule has 0 amide bonds. The number of rotatable bonds is 6. The zero-order valence-electron chi connectivity index (χ0n) is 8.51. The summed E-state index contributed by atoms with van der Waals surface area (Å²) in [4.78, 5) is 5.33. The largest absolute Gasteiger partial charge is 0.373 e. The number of H-pyrrole nitrogens is 1. The van der Waals surface area contributed by atoms with Gasteiger partial charge >= 0.3 is 0 Å². The average Bonchev–Trinajstić information content (AvgIpc) is 2.65. The normalized spacial score (nSPS) is 10.3. The molecule has 0 unspecified atom stereocenters. The topological polar surface area (TPSA) is 31.1 Å². The number of nitrogens with one attached hydrogen (secondary N) is 2. The lowest BCUT2D eigenvalue weighted by Crippen LogP contribution is -2.19. The van der Waals surface area contributed by atoms with Crippen molar-refractivity contribution in [2.24, 2.45) is 0 Å². The number of hydrogen-bond donors (Lipinski definition) is 2. The van der Waals surface area contributed by atoms with Gasteiger partial charge in [0.1, 0.15) is 0 Å². The van der Waals surface area contributed by atoms with Gasteiger partial charge < -0.3 is 15.2 Å². The van der Waals surface area contributed by atoms with Gasteiger partial charge in [-0.3, -0.25) is 0 Å². The standard InChI is InChI=1S/C10H19N3/c1-11-6-3-4-8-13(2)10-5-7-12-9-10/h5,7,9,11-12H,3-4,6,8H2,1-2H3. The van der Waals surface area contributed by atoms with Crippen LogP contribution in [0.4, 0.5) is 5.69 Å². The van der Waals surface area contributed by atoms with Crippen LogP contribution >= 0.6 is 0 Å². The summed E-state index contributed by atoms with van der Waals surface area (Å²) < 4.78 is 0. The third-order valence-electron chi connectivity index (χ3n) is 2.19. The lowest BCUT2D eigenvalue weighted by Gasteiger charge is -2.16. The van der Waals surface area contributed by atoms with Crippen LogP contribution < -0.4 is 10.2 Å². The predicted molar refractivity (Wildman–Crippen MR) is 57.2 cm³/mol. The van der Waals surface area contributed by atoms with Crippen molar-refractivity contribution in [2.45, 2.75) is 12.8 Å².